The lowest BCUT2D eigenvalue weighted by Gasteiger charge is -2.31. The van der Waals surface area contributed by atoms with E-state index in [0.717, 1.165) is 17.8 Å². The fourth-order valence-electron chi connectivity index (χ4n) is 2.29. The maximum atomic E-state index is 13.0. The van der Waals surface area contributed by atoms with Gasteiger partial charge in [-0.05, 0) is 31.7 Å². The molecular formula is C14H18FN3S. The van der Waals surface area contributed by atoms with E-state index in [-0.39, 0.29) is 17.9 Å². The normalized spacial score (nSPS) is 14.6. The second-order valence-corrected chi connectivity index (χ2v) is 5.47. The highest BCUT2D eigenvalue weighted by Crippen LogP contribution is 2.24. The second-order valence-electron chi connectivity index (χ2n) is 4.75. The molecule has 0 fully saturated rings. The number of likely N-dealkylation sites (N-methyl/N-ethyl adjacent to an activating group) is 1. The highest BCUT2D eigenvalue weighted by Gasteiger charge is 2.21. The first-order valence-electron chi connectivity index (χ1n) is 6.16. The summed E-state index contributed by atoms with van der Waals surface area (Å²) in [5.74, 6) is -0.227. The summed E-state index contributed by atoms with van der Waals surface area (Å²) < 4.78 is 13.0. The van der Waals surface area contributed by atoms with Gasteiger partial charge in [0.05, 0.1) is 11.2 Å². The van der Waals surface area contributed by atoms with Crippen molar-refractivity contribution < 1.29 is 4.39 Å². The first-order chi connectivity index (χ1) is 9.08. The largest absolute Gasteiger partial charge is 0.326 e. The van der Waals surface area contributed by atoms with Gasteiger partial charge in [0.25, 0.3) is 0 Å². The van der Waals surface area contributed by atoms with Gasteiger partial charge in [0.15, 0.2) is 0 Å². The summed E-state index contributed by atoms with van der Waals surface area (Å²) in [7, 11) is 2.01. The first-order valence-corrected chi connectivity index (χ1v) is 7.10. The minimum Gasteiger partial charge on any atom is -0.326 e. The van der Waals surface area contributed by atoms with E-state index in [0.29, 0.717) is 0 Å². The molecule has 0 amide bonds. The zero-order valence-electron chi connectivity index (χ0n) is 11.1. The van der Waals surface area contributed by atoms with Crippen LogP contribution < -0.4 is 5.73 Å². The van der Waals surface area contributed by atoms with Gasteiger partial charge in [-0.3, -0.25) is 4.90 Å². The molecule has 0 aliphatic rings. The Morgan fingerprint density at radius 1 is 1.37 bits per heavy atom. The molecule has 102 valence electrons. The predicted octanol–water partition coefficient (Wildman–Crippen LogP) is 2.80. The van der Waals surface area contributed by atoms with Crippen molar-refractivity contribution in [1.29, 1.82) is 0 Å². The highest BCUT2D eigenvalue weighted by molar-refractivity contribution is 7.07. The van der Waals surface area contributed by atoms with Gasteiger partial charge >= 0.3 is 0 Å². The monoisotopic (exact) mass is 279 g/mol. The molecule has 0 bridgehead atoms. The number of hydrogen-bond donors (Lipinski definition) is 1. The molecule has 0 saturated heterocycles. The topological polar surface area (TPSA) is 42.1 Å². The third-order valence-electron chi connectivity index (χ3n) is 3.08. The molecule has 19 heavy (non-hydrogen) atoms. The van der Waals surface area contributed by atoms with E-state index in [2.05, 4.69) is 9.88 Å². The number of aromatic nitrogens is 1. The Labute approximate surface area is 116 Å². The van der Waals surface area contributed by atoms with Crippen molar-refractivity contribution in [2.75, 3.05) is 7.05 Å². The van der Waals surface area contributed by atoms with Gasteiger partial charge in [-0.2, -0.15) is 0 Å². The van der Waals surface area contributed by atoms with Crippen molar-refractivity contribution in [2.24, 2.45) is 5.73 Å². The van der Waals surface area contributed by atoms with E-state index < -0.39 is 0 Å². The van der Waals surface area contributed by atoms with Gasteiger partial charge in [-0.15, -0.1) is 11.3 Å². The molecule has 2 rings (SSSR count). The zero-order chi connectivity index (χ0) is 13.8. The van der Waals surface area contributed by atoms with Crippen molar-refractivity contribution in [3.05, 3.63) is 52.2 Å². The summed E-state index contributed by atoms with van der Waals surface area (Å²) in [5, 5.41) is 2.03. The molecule has 0 radical (unpaired) electrons. The molecule has 2 aromatic rings. The minimum absolute atomic E-state index is 0.0438. The number of rotatable bonds is 5. The van der Waals surface area contributed by atoms with Crippen LogP contribution in [0.25, 0.3) is 0 Å². The average Bonchev–Trinajstić information content (AvgIpc) is 2.84. The Morgan fingerprint density at radius 3 is 2.58 bits per heavy atom. The van der Waals surface area contributed by atoms with Crippen LogP contribution >= 0.6 is 11.3 Å². The molecule has 2 N–H and O–H groups in total. The number of hydrogen-bond acceptors (Lipinski definition) is 4. The quantitative estimate of drug-likeness (QED) is 0.915. The molecule has 3 nitrogen and oxygen atoms in total. The Balaban J connectivity index is 2.17. The molecular weight excluding hydrogens is 261 g/mol. The van der Waals surface area contributed by atoms with E-state index >= 15 is 0 Å². The third-order valence-corrected chi connectivity index (χ3v) is 3.71. The predicted molar refractivity (Wildman–Crippen MR) is 76.4 cm³/mol. The minimum atomic E-state index is -0.227. The van der Waals surface area contributed by atoms with Gasteiger partial charge in [-0.1, -0.05) is 12.1 Å². The lowest BCUT2D eigenvalue weighted by molar-refractivity contribution is 0.209. The van der Waals surface area contributed by atoms with E-state index in [9.17, 15) is 4.39 Å². The number of halogens is 1. The van der Waals surface area contributed by atoms with Crippen LogP contribution in [0.5, 0.6) is 0 Å². The summed E-state index contributed by atoms with van der Waals surface area (Å²) in [5.41, 5.74) is 9.96. The van der Waals surface area contributed by atoms with Crippen LogP contribution in [0.2, 0.25) is 0 Å². The fourth-order valence-corrected chi connectivity index (χ4v) is 2.84. The number of nitrogens with zero attached hydrogens (tertiary/aromatic N) is 2. The van der Waals surface area contributed by atoms with Crippen molar-refractivity contribution in [3.63, 3.8) is 0 Å². The lowest BCUT2D eigenvalue weighted by atomic mass is 9.99. The van der Waals surface area contributed by atoms with Gasteiger partial charge in [0, 0.05) is 24.0 Å². The summed E-state index contributed by atoms with van der Waals surface area (Å²) in [4.78, 5) is 6.43. The molecule has 0 aliphatic heterocycles. The summed E-state index contributed by atoms with van der Waals surface area (Å²) in [6.07, 6.45) is 0. The van der Waals surface area contributed by atoms with Crippen molar-refractivity contribution in [3.8, 4) is 0 Å². The fraction of sp³-hybridized carbons (Fsp3) is 0.357. The summed E-state index contributed by atoms with van der Waals surface area (Å²) >= 11 is 1.58. The summed E-state index contributed by atoms with van der Waals surface area (Å²) in [6.45, 7) is 2.69. The molecule has 0 aliphatic carbocycles. The second kappa shape index (κ2) is 6.23. The van der Waals surface area contributed by atoms with E-state index in [1.807, 2.05) is 24.9 Å². The van der Waals surface area contributed by atoms with Crippen molar-refractivity contribution in [1.82, 2.24) is 9.88 Å². The van der Waals surface area contributed by atoms with Gasteiger partial charge < -0.3 is 5.73 Å². The average molecular weight is 279 g/mol. The van der Waals surface area contributed by atoms with Crippen LogP contribution in [0.1, 0.15) is 24.2 Å². The maximum Gasteiger partial charge on any atom is 0.123 e. The number of nitrogens with two attached hydrogens (primary N) is 1. The van der Waals surface area contributed by atoms with Crippen LogP contribution in [0.4, 0.5) is 4.39 Å². The molecule has 0 spiro atoms. The molecule has 1 heterocycles. The van der Waals surface area contributed by atoms with Gasteiger partial charge in [0.1, 0.15) is 5.82 Å². The SMILES string of the molecule is CC(N)C(c1ccc(F)cc1)N(C)Cc1cscn1. The standard InChI is InChI=1S/C14H18FN3S/c1-10(16)14(11-3-5-12(15)6-4-11)18(2)7-13-8-19-9-17-13/h3-6,8-10,14H,7,16H2,1-2H3. The molecule has 5 heteroatoms. The smallest absolute Gasteiger partial charge is 0.123 e. The molecule has 2 unspecified atom stereocenters. The van der Waals surface area contributed by atoms with Crippen LogP contribution in [0.3, 0.4) is 0 Å². The van der Waals surface area contributed by atoms with Crippen molar-refractivity contribution in [2.45, 2.75) is 25.6 Å². The van der Waals surface area contributed by atoms with Crippen LogP contribution in [0.15, 0.2) is 35.2 Å². The van der Waals surface area contributed by atoms with Crippen molar-refractivity contribution >= 4 is 11.3 Å². The molecule has 0 saturated carbocycles. The highest BCUT2D eigenvalue weighted by atomic mass is 32.1. The Bertz CT molecular complexity index is 496. The maximum absolute atomic E-state index is 13.0. The van der Waals surface area contributed by atoms with Gasteiger partial charge in [-0.25, -0.2) is 9.37 Å². The number of benzene rings is 1. The van der Waals surface area contributed by atoms with Gasteiger partial charge in [0.2, 0.25) is 0 Å². The zero-order valence-corrected chi connectivity index (χ0v) is 11.9. The van der Waals surface area contributed by atoms with Crippen LogP contribution in [-0.4, -0.2) is 23.0 Å². The molecule has 1 aromatic carbocycles. The third kappa shape index (κ3) is 3.59. The number of thiazole rings is 1. The van der Waals surface area contributed by atoms with Crippen LogP contribution in [0, 0.1) is 5.82 Å². The Kier molecular flexibility index (Phi) is 4.63. The Morgan fingerprint density at radius 2 is 2.05 bits per heavy atom. The Hall–Kier alpha value is -1.30. The van der Waals surface area contributed by atoms with E-state index in [1.54, 1.807) is 23.5 Å². The molecule has 1 aromatic heterocycles. The van der Waals surface area contributed by atoms with E-state index in [1.165, 1.54) is 12.1 Å². The summed E-state index contributed by atoms with van der Waals surface area (Å²) in [6, 6.07) is 6.53. The molecule has 2 atom stereocenters. The van der Waals surface area contributed by atoms with Crippen LogP contribution in [-0.2, 0) is 6.54 Å². The first kappa shape index (κ1) is 14.1. The van der Waals surface area contributed by atoms with E-state index in [4.69, 9.17) is 5.73 Å². The lowest BCUT2D eigenvalue weighted by Crippen LogP contribution is -2.37.